The molecule has 0 aromatic heterocycles. The fraction of sp³-hybridized carbons (Fsp3) is 0.222. The maximum atomic E-state index is 13.1. The molecule has 1 N–H and O–H groups in total. The molecule has 14 heavy (non-hydrogen) atoms. The number of hydrogen-bond donors (Lipinski definition) is 1. The number of carbonyl (C=O) groups excluding carboxylic acids is 1. The van der Waals surface area contributed by atoms with Crippen LogP contribution in [0.15, 0.2) is 18.2 Å². The number of hydrogen-bond acceptors (Lipinski definition) is 2. The van der Waals surface area contributed by atoms with Crippen LogP contribution in [0, 0.1) is 5.82 Å². The second-order valence-corrected chi connectivity index (χ2v) is 3.32. The first-order valence-corrected chi connectivity index (χ1v) is 4.68. The SMILES string of the molecule is COc1ccc(CNC(=O)Br)cc1F. The Hall–Kier alpha value is -1.10. The third-order valence-corrected chi connectivity index (χ3v) is 1.93. The first-order chi connectivity index (χ1) is 6.63. The highest BCUT2D eigenvalue weighted by molar-refractivity contribution is 9.18. The summed E-state index contributed by atoms with van der Waals surface area (Å²) >= 11 is 2.71. The summed E-state index contributed by atoms with van der Waals surface area (Å²) < 4.78 is 17.9. The zero-order valence-electron chi connectivity index (χ0n) is 7.51. The quantitative estimate of drug-likeness (QED) is 0.671. The van der Waals surface area contributed by atoms with Crippen molar-refractivity contribution in [3.8, 4) is 5.75 Å². The van der Waals surface area contributed by atoms with Crippen LogP contribution in [0.25, 0.3) is 0 Å². The smallest absolute Gasteiger partial charge is 0.287 e. The van der Waals surface area contributed by atoms with E-state index in [2.05, 4.69) is 21.2 Å². The highest BCUT2D eigenvalue weighted by Gasteiger charge is 2.03. The van der Waals surface area contributed by atoms with Gasteiger partial charge in [-0.15, -0.1) is 0 Å². The maximum absolute atomic E-state index is 13.1. The molecule has 5 heteroatoms. The summed E-state index contributed by atoms with van der Waals surface area (Å²) in [6, 6.07) is 4.53. The zero-order valence-corrected chi connectivity index (χ0v) is 9.10. The number of methoxy groups -OCH3 is 1. The molecule has 1 amide bonds. The Labute approximate surface area is 89.4 Å². The summed E-state index contributed by atoms with van der Waals surface area (Å²) in [7, 11) is 1.40. The molecule has 0 aliphatic carbocycles. The van der Waals surface area contributed by atoms with E-state index in [1.807, 2.05) is 0 Å². The van der Waals surface area contributed by atoms with Crippen molar-refractivity contribution < 1.29 is 13.9 Å². The normalized spacial score (nSPS) is 9.64. The van der Waals surface area contributed by atoms with Crippen molar-refractivity contribution in [2.45, 2.75) is 6.54 Å². The van der Waals surface area contributed by atoms with Crippen LogP contribution in [-0.2, 0) is 6.54 Å². The first kappa shape index (κ1) is 11.0. The van der Waals surface area contributed by atoms with Gasteiger partial charge in [0.2, 0.25) is 0 Å². The number of ether oxygens (including phenoxy) is 1. The molecule has 0 aliphatic heterocycles. The predicted molar refractivity (Wildman–Crippen MR) is 54.1 cm³/mol. The van der Waals surface area contributed by atoms with Gasteiger partial charge in [-0.3, -0.25) is 4.79 Å². The van der Waals surface area contributed by atoms with Gasteiger partial charge < -0.3 is 10.1 Å². The van der Waals surface area contributed by atoms with Crippen LogP contribution in [-0.4, -0.2) is 11.9 Å². The molecule has 0 saturated carbocycles. The van der Waals surface area contributed by atoms with Crippen LogP contribution in [0.5, 0.6) is 5.75 Å². The van der Waals surface area contributed by atoms with Crippen LogP contribution in [0.1, 0.15) is 5.56 Å². The Kier molecular flexibility index (Phi) is 3.88. The molecule has 0 atom stereocenters. The minimum atomic E-state index is -0.436. The van der Waals surface area contributed by atoms with Gasteiger partial charge in [-0.1, -0.05) is 6.07 Å². The summed E-state index contributed by atoms with van der Waals surface area (Å²) in [6.45, 7) is 0.283. The number of amides is 1. The molecule has 0 unspecified atom stereocenters. The van der Waals surface area contributed by atoms with Crippen LogP contribution in [0.4, 0.5) is 9.18 Å². The van der Waals surface area contributed by atoms with Crippen molar-refractivity contribution >= 4 is 20.7 Å². The summed E-state index contributed by atoms with van der Waals surface area (Å²) in [5.74, 6) is -0.243. The van der Waals surface area contributed by atoms with Gasteiger partial charge in [0.1, 0.15) is 0 Å². The van der Waals surface area contributed by atoms with Crippen LogP contribution in [0.3, 0.4) is 0 Å². The Morgan fingerprint density at radius 3 is 2.86 bits per heavy atom. The highest BCUT2D eigenvalue weighted by Crippen LogP contribution is 2.17. The summed E-state index contributed by atoms with van der Waals surface area (Å²) in [5.41, 5.74) is 0.677. The lowest BCUT2D eigenvalue weighted by Gasteiger charge is -2.04. The van der Waals surface area contributed by atoms with E-state index in [1.165, 1.54) is 19.2 Å². The van der Waals surface area contributed by atoms with Gasteiger partial charge in [0.05, 0.1) is 7.11 Å². The number of benzene rings is 1. The van der Waals surface area contributed by atoms with E-state index in [4.69, 9.17) is 4.74 Å². The molecule has 0 radical (unpaired) electrons. The van der Waals surface area contributed by atoms with Crippen molar-refractivity contribution in [3.05, 3.63) is 29.6 Å². The van der Waals surface area contributed by atoms with E-state index in [0.29, 0.717) is 5.56 Å². The fourth-order valence-corrected chi connectivity index (χ4v) is 1.13. The molecule has 0 heterocycles. The average Bonchev–Trinajstić information content (AvgIpc) is 2.15. The number of carbonyl (C=O) groups is 1. The average molecular weight is 262 g/mol. The monoisotopic (exact) mass is 261 g/mol. The van der Waals surface area contributed by atoms with Gasteiger partial charge in [-0.2, -0.15) is 0 Å². The van der Waals surface area contributed by atoms with E-state index in [1.54, 1.807) is 6.07 Å². The molecule has 0 spiro atoms. The van der Waals surface area contributed by atoms with E-state index in [-0.39, 0.29) is 17.1 Å². The molecule has 1 rings (SSSR count). The fourth-order valence-electron chi connectivity index (χ4n) is 0.991. The Morgan fingerprint density at radius 1 is 1.64 bits per heavy atom. The molecule has 0 fully saturated rings. The molecule has 1 aromatic carbocycles. The Bertz CT molecular complexity index is 344. The van der Waals surface area contributed by atoms with E-state index in [0.717, 1.165) is 0 Å². The largest absolute Gasteiger partial charge is 0.494 e. The van der Waals surface area contributed by atoms with Crippen molar-refractivity contribution in [3.63, 3.8) is 0 Å². The van der Waals surface area contributed by atoms with E-state index in [9.17, 15) is 9.18 Å². The maximum Gasteiger partial charge on any atom is 0.287 e. The molecular formula is C9H9BrFNO2. The predicted octanol–water partition coefficient (Wildman–Crippen LogP) is 2.44. The molecule has 0 aliphatic rings. The standard InChI is InChI=1S/C9H9BrFNO2/c1-14-8-3-2-6(4-7(8)11)5-12-9(10)13/h2-4H,5H2,1H3,(H,12,13). The lowest BCUT2D eigenvalue weighted by Crippen LogP contribution is -2.15. The summed E-state index contributed by atoms with van der Waals surface area (Å²) in [4.78, 5) is 10.2. The van der Waals surface area contributed by atoms with Gasteiger partial charge >= 0.3 is 0 Å². The lowest BCUT2D eigenvalue weighted by atomic mass is 10.2. The van der Waals surface area contributed by atoms with Gasteiger partial charge in [0.15, 0.2) is 11.6 Å². The summed E-state index contributed by atoms with van der Waals surface area (Å²) in [5, 5.41) is 2.50. The molecule has 3 nitrogen and oxygen atoms in total. The van der Waals surface area contributed by atoms with Crippen molar-refractivity contribution in [2.24, 2.45) is 0 Å². The van der Waals surface area contributed by atoms with Crippen molar-refractivity contribution in [1.29, 1.82) is 0 Å². The molecular weight excluding hydrogens is 253 g/mol. The number of halogens is 2. The van der Waals surface area contributed by atoms with Crippen LogP contribution < -0.4 is 10.1 Å². The van der Waals surface area contributed by atoms with E-state index < -0.39 is 5.82 Å². The molecule has 1 aromatic rings. The van der Waals surface area contributed by atoms with Crippen molar-refractivity contribution in [1.82, 2.24) is 5.32 Å². The second kappa shape index (κ2) is 4.95. The Balaban J connectivity index is 2.71. The molecule has 0 saturated heterocycles. The second-order valence-electron chi connectivity index (χ2n) is 2.60. The zero-order chi connectivity index (χ0) is 10.6. The Morgan fingerprint density at radius 2 is 2.36 bits per heavy atom. The van der Waals surface area contributed by atoms with Gasteiger partial charge in [-0.05, 0) is 17.7 Å². The molecule has 76 valence electrons. The van der Waals surface area contributed by atoms with Crippen molar-refractivity contribution in [2.75, 3.05) is 7.11 Å². The van der Waals surface area contributed by atoms with Crippen LogP contribution in [0.2, 0.25) is 0 Å². The van der Waals surface area contributed by atoms with Gasteiger partial charge in [0, 0.05) is 22.5 Å². The molecule has 0 bridgehead atoms. The number of rotatable bonds is 3. The summed E-state index contributed by atoms with van der Waals surface area (Å²) in [6.07, 6.45) is 0. The topological polar surface area (TPSA) is 38.3 Å². The van der Waals surface area contributed by atoms with Crippen LogP contribution >= 0.6 is 15.9 Å². The first-order valence-electron chi connectivity index (χ1n) is 3.89. The third-order valence-electron chi connectivity index (χ3n) is 1.65. The minimum Gasteiger partial charge on any atom is -0.494 e. The van der Waals surface area contributed by atoms with Gasteiger partial charge in [0.25, 0.3) is 4.82 Å². The lowest BCUT2D eigenvalue weighted by molar-refractivity contribution is 0.261. The van der Waals surface area contributed by atoms with E-state index >= 15 is 0 Å². The highest BCUT2D eigenvalue weighted by atomic mass is 79.9. The number of nitrogens with one attached hydrogen (secondary N) is 1. The third kappa shape index (κ3) is 2.99. The minimum absolute atomic E-state index is 0.193. The van der Waals surface area contributed by atoms with Gasteiger partial charge in [-0.25, -0.2) is 4.39 Å².